The van der Waals surface area contributed by atoms with E-state index in [4.69, 9.17) is 4.74 Å². The van der Waals surface area contributed by atoms with Crippen molar-refractivity contribution in [1.82, 2.24) is 14.8 Å². The quantitative estimate of drug-likeness (QED) is 0.600. The van der Waals surface area contributed by atoms with Crippen LogP contribution in [-0.2, 0) is 16.1 Å². The lowest BCUT2D eigenvalue weighted by molar-refractivity contribution is -0.117. The van der Waals surface area contributed by atoms with Gasteiger partial charge in [0.2, 0.25) is 5.91 Å². The lowest BCUT2D eigenvalue weighted by atomic mass is 10.2. The largest absolute Gasteiger partial charge is 0.380 e. The molecule has 2 aromatic rings. The molecular formula is C22H31N5O2. The fraction of sp³-hybridized carbons (Fsp3) is 0.455. The number of benzene rings is 1. The summed E-state index contributed by atoms with van der Waals surface area (Å²) < 4.78 is 5.34. The van der Waals surface area contributed by atoms with Gasteiger partial charge in [0.05, 0.1) is 18.8 Å². The van der Waals surface area contributed by atoms with Gasteiger partial charge in [-0.3, -0.25) is 14.6 Å². The van der Waals surface area contributed by atoms with E-state index in [0.29, 0.717) is 32.1 Å². The van der Waals surface area contributed by atoms with E-state index in [1.807, 2.05) is 25.1 Å². The van der Waals surface area contributed by atoms with Crippen LogP contribution in [0.25, 0.3) is 0 Å². The number of aromatic nitrogens is 1. The molecule has 2 N–H and O–H groups in total. The predicted octanol–water partition coefficient (Wildman–Crippen LogP) is 2.29. The van der Waals surface area contributed by atoms with Crippen LogP contribution >= 0.6 is 0 Å². The van der Waals surface area contributed by atoms with Gasteiger partial charge < -0.3 is 15.4 Å². The Balaban J connectivity index is 1.42. The Kier molecular flexibility index (Phi) is 8.42. The van der Waals surface area contributed by atoms with Gasteiger partial charge in [-0.2, -0.15) is 0 Å². The summed E-state index contributed by atoms with van der Waals surface area (Å²) in [5, 5.41) is 6.20. The molecule has 2 heterocycles. The van der Waals surface area contributed by atoms with Gasteiger partial charge >= 0.3 is 0 Å². The van der Waals surface area contributed by atoms with Crippen LogP contribution in [0.5, 0.6) is 0 Å². The molecule has 29 heavy (non-hydrogen) atoms. The second kappa shape index (κ2) is 11.5. The molecule has 156 valence electrons. The Morgan fingerprint density at radius 3 is 2.59 bits per heavy atom. The third-order valence-electron chi connectivity index (χ3n) is 4.91. The van der Waals surface area contributed by atoms with Gasteiger partial charge in [0.15, 0.2) is 5.82 Å². The third-order valence-corrected chi connectivity index (χ3v) is 4.91. The zero-order chi connectivity index (χ0) is 20.3. The first-order valence-electron chi connectivity index (χ1n) is 10.3. The smallest absolute Gasteiger partial charge is 0.239 e. The number of anilines is 2. The van der Waals surface area contributed by atoms with Crippen molar-refractivity contribution in [3.05, 3.63) is 54.2 Å². The zero-order valence-electron chi connectivity index (χ0n) is 17.1. The van der Waals surface area contributed by atoms with Gasteiger partial charge in [-0.1, -0.05) is 30.3 Å². The number of nitrogens with one attached hydrogen (secondary N) is 2. The highest BCUT2D eigenvalue weighted by Crippen LogP contribution is 2.17. The normalized spacial score (nSPS) is 15.2. The molecule has 1 aromatic carbocycles. The van der Waals surface area contributed by atoms with Crippen molar-refractivity contribution in [1.29, 1.82) is 0 Å². The molecule has 1 amide bonds. The SMILES string of the molecule is CCOCCNc1cccnc1NC(=O)CN1CCN(Cc2ccccc2)CC1. The van der Waals surface area contributed by atoms with E-state index >= 15 is 0 Å². The number of hydrogen-bond donors (Lipinski definition) is 2. The van der Waals surface area contributed by atoms with Crippen LogP contribution in [0.15, 0.2) is 48.7 Å². The number of pyridine rings is 1. The molecule has 7 heteroatoms. The van der Waals surface area contributed by atoms with Gasteiger partial charge in [-0.05, 0) is 24.6 Å². The zero-order valence-corrected chi connectivity index (χ0v) is 17.1. The van der Waals surface area contributed by atoms with E-state index in [1.54, 1.807) is 6.20 Å². The first-order chi connectivity index (χ1) is 14.2. The Hall–Kier alpha value is -2.48. The van der Waals surface area contributed by atoms with Crippen molar-refractivity contribution in [2.75, 3.05) is 63.1 Å². The van der Waals surface area contributed by atoms with Crippen LogP contribution in [0.3, 0.4) is 0 Å². The number of carbonyl (C=O) groups is 1. The number of ether oxygens (including phenoxy) is 1. The standard InChI is InChI=1S/C22H31N5O2/c1-2-29-16-11-23-20-9-6-10-24-22(20)25-21(28)18-27-14-12-26(13-15-27)17-19-7-4-3-5-8-19/h3-10,23H,2,11-18H2,1H3,(H,24,25,28). The first-order valence-corrected chi connectivity index (χ1v) is 10.3. The minimum absolute atomic E-state index is 0.0342. The van der Waals surface area contributed by atoms with Gasteiger partial charge in [0.25, 0.3) is 0 Å². The molecule has 3 rings (SSSR count). The summed E-state index contributed by atoms with van der Waals surface area (Å²) in [4.78, 5) is 21.5. The van der Waals surface area contributed by atoms with Gasteiger partial charge in [-0.15, -0.1) is 0 Å². The van der Waals surface area contributed by atoms with Crippen molar-refractivity contribution in [3.8, 4) is 0 Å². The Bertz CT molecular complexity index is 748. The van der Waals surface area contributed by atoms with Gasteiger partial charge in [0, 0.05) is 52.1 Å². The number of carbonyl (C=O) groups excluding carboxylic acids is 1. The van der Waals surface area contributed by atoms with Crippen molar-refractivity contribution < 1.29 is 9.53 Å². The second-order valence-electron chi connectivity index (χ2n) is 7.11. The average molecular weight is 398 g/mol. The second-order valence-corrected chi connectivity index (χ2v) is 7.11. The van der Waals surface area contributed by atoms with Crippen LogP contribution in [0.1, 0.15) is 12.5 Å². The molecule has 1 aliphatic rings. The average Bonchev–Trinajstić information content (AvgIpc) is 2.74. The molecule has 0 saturated carbocycles. The van der Waals surface area contributed by atoms with Crippen molar-refractivity contribution >= 4 is 17.4 Å². The summed E-state index contributed by atoms with van der Waals surface area (Å²) in [7, 11) is 0. The maximum absolute atomic E-state index is 12.5. The Morgan fingerprint density at radius 1 is 1.07 bits per heavy atom. The molecule has 0 unspecified atom stereocenters. The molecule has 7 nitrogen and oxygen atoms in total. The highest BCUT2D eigenvalue weighted by molar-refractivity contribution is 5.94. The van der Waals surface area contributed by atoms with Crippen molar-refractivity contribution in [2.24, 2.45) is 0 Å². The molecule has 0 aliphatic carbocycles. The summed E-state index contributed by atoms with van der Waals surface area (Å²) in [6.07, 6.45) is 1.69. The minimum atomic E-state index is -0.0342. The van der Waals surface area contributed by atoms with E-state index in [2.05, 4.69) is 49.7 Å². The molecule has 0 bridgehead atoms. The number of amides is 1. The summed E-state index contributed by atoms with van der Waals surface area (Å²) in [5.41, 5.74) is 2.14. The summed E-state index contributed by atoms with van der Waals surface area (Å²) >= 11 is 0. The maximum Gasteiger partial charge on any atom is 0.239 e. The lowest BCUT2D eigenvalue weighted by Crippen LogP contribution is -2.48. The van der Waals surface area contributed by atoms with E-state index in [-0.39, 0.29) is 5.91 Å². The predicted molar refractivity (Wildman–Crippen MR) is 116 cm³/mol. The van der Waals surface area contributed by atoms with Crippen molar-refractivity contribution in [3.63, 3.8) is 0 Å². The number of nitrogens with zero attached hydrogens (tertiary/aromatic N) is 3. The van der Waals surface area contributed by atoms with Gasteiger partial charge in [0.1, 0.15) is 0 Å². The first kappa shape index (κ1) is 21.2. The van der Waals surface area contributed by atoms with Crippen LogP contribution in [-0.4, -0.2) is 73.2 Å². The molecule has 1 fully saturated rings. The molecule has 0 spiro atoms. The number of piperazine rings is 1. The third kappa shape index (κ3) is 7.12. The summed E-state index contributed by atoms with van der Waals surface area (Å²) in [5.74, 6) is 0.532. The highest BCUT2D eigenvalue weighted by atomic mass is 16.5. The van der Waals surface area contributed by atoms with Crippen molar-refractivity contribution in [2.45, 2.75) is 13.5 Å². The Labute approximate surface area is 173 Å². The lowest BCUT2D eigenvalue weighted by Gasteiger charge is -2.34. The van der Waals surface area contributed by atoms with Crippen LogP contribution < -0.4 is 10.6 Å². The topological polar surface area (TPSA) is 69.7 Å². The van der Waals surface area contributed by atoms with Crippen LogP contribution in [0.2, 0.25) is 0 Å². The summed E-state index contributed by atoms with van der Waals surface area (Å²) in [6.45, 7) is 9.02. The molecule has 0 radical (unpaired) electrons. The van der Waals surface area contributed by atoms with Crippen LogP contribution in [0, 0.1) is 0 Å². The number of rotatable bonds is 10. The Morgan fingerprint density at radius 2 is 1.83 bits per heavy atom. The molecule has 1 aliphatic heterocycles. The van der Waals surface area contributed by atoms with E-state index in [0.717, 1.165) is 38.4 Å². The summed E-state index contributed by atoms with van der Waals surface area (Å²) in [6, 6.07) is 14.3. The molecular weight excluding hydrogens is 366 g/mol. The van der Waals surface area contributed by atoms with E-state index in [1.165, 1.54) is 5.56 Å². The molecule has 1 aromatic heterocycles. The number of hydrogen-bond acceptors (Lipinski definition) is 6. The minimum Gasteiger partial charge on any atom is -0.380 e. The molecule has 0 atom stereocenters. The van der Waals surface area contributed by atoms with E-state index in [9.17, 15) is 4.79 Å². The van der Waals surface area contributed by atoms with Gasteiger partial charge in [-0.25, -0.2) is 4.98 Å². The van der Waals surface area contributed by atoms with Crippen LogP contribution in [0.4, 0.5) is 11.5 Å². The highest BCUT2D eigenvalue weighted by Gasteiger charge is 2.19. The maximum atomic E-state index is 12.5. The van der Waals surface area contributed by atoms with E-state index < -0.39 is 0 Å². The fourth-order valence-corrected chi connectivity index (χ4v) is 3.37. The molecule has 1 saturated heterocycles. The fourth-order valence-electron chi connectivity index (χ4n) is 3.37. The monoisotopic (exact) mass is 397 g/mol.